The van der Waals surface area contributed by atoms with Gasteiger partial charge in [-0.25, -0.2) is 9.97 Å². The van der Waals surface area contributed by atoms with E-state index in [4.69, 9.17) is 4.74 Å². The van der Waals surface area contributed by atoms with Gasteiger partial charge in [0.25, 0.3) is 0 Å². The number of likely N-dealkylation sites (tertiary alicyclic amines) is 1. The molecule has 8 nitrogen and oxygen atoms in total. The van der Waals surface area contributed by atoms with E-state index in [0.29, 0.717) is 38.4 Å². The van der Waals surface area contributed by atoms with Crippen molar-refractivity contribution in [1.82, 2.24) is 14.9 Å². The molecule has 0 spiro atoms. The van der Waals surface area contributed by atoms with Crippen LogP contribution >= 0.6 is 0 Å². The lowest BCUT2D eigenvalue weighted by Crippen LogP contribution is -2.51. The third-order valence-electron chi connectivity index (χ3n) is 8.23. The number of piperidine rings is 1. The molecule has 1 unspecified atom stereocenters. The van der Waals surface area contributed by atoms with Gasteiger partial charge in [-0.2, -0.15) is 17.6 Å². The molecule has 2 N–H and O–H groups in total. The number of nitrogens with one attached hydrogen (secondary N) is 1. The average Bonchev–Trinajstić information content (AvgIpc) is 3.78. The lowest BCUT2D eigenvalue weighted by Gasteiger charge is -2.40. The number of carbonyl (C=O) groups is 1. The molecule has 3 aliphatic rings. The number of benzene rings is 1. The lowest BCUT2D eigenvalue weighted by molar-refractivity contribution is -0.148. The van der Waals surface area contributed by atoms with Crippen LogP contribution in [0.4, 0.5) is 29.2 Å². The average molecular weight is 566 g/mol. The summed E-state index contributed by atoms with van der Waals surface area (Å²) in [5.74, 6) is -0.803. The predicted octanol–water partition coefficient (Wildman–Crippen LogP) is 4.81. The topological polar surface area (TPSA) is 90.8 Å². The number of nitrogens with zero attached hydrogens (tertiary/aromatic N) is 4. The van der Waals surface area contributed by atoms with Gasteiger partial charge >= 0.3 is 12.1 Å². The summed E-state index contributed by atoms with van der Waals surface area (Å²) in [4.78, 5) is 24.2. The molecule has 2 aliphatic heterocycles. The smallest absolute Gasteiger partial charge is 0.416 e. The zero-order chi connectivity index (χ0) is 28.3. The van der Waals surface area contributed by atoms with E-state index in [1.165, 1.54) is 18.5 Å². The van der Waals surface area contributed by atoms with Gasteiger partial charge in [0.1, 0.15) is 12.4 Å². The SMILES string of the molecule is O=C(O)C(C1CCOCC1)N1CCC(CNc2ncnc(N(Cc3ccc(C(F)(F)F)cc3)C3CC3)c2F)CC1. The Hall–Kier alpha value is -2.99. The number of carboxylic acids is 1. The Labute approximate surface area is 230 Å². The number of hydrogen-bond acceptors (Lipinski definition) is 7. The van der Waals surface area contributed by atoms with Gasteiger partial charge in [-0.05, 0) is 81.1 Å². The highest BCUT2D eigenvalue weighted by atomic mass is 19.4. The molecule has 5 rings (SSSR count). The first-order valence-corrected chi connectivity index (χ1v) is 13.9. The Balaban J connectivity index is 1.19. The van der Waals surface area contributed by atoms with Gasteiger partial charge in [0.05, 0.1) is 5.56 Å². The first-order valence-electron chi connectivity index (χ1n) is 13.9. The second-order valence-electron chi connectivity index (χ2n) is 11.0. The molecule has 2 aromatic rings. The maximum Gasteiger partial charge on any atom is 0.416 e. The van der Waals surface area contributed by atoms with Crippen LogP contribution in [-0.2, 0) is 22.3 Å². The largest absolute Gasteiger partial charge is 0.480 e. The number of anilines is 2. The number of ether oxygens (including phenoxy) is 1. The Kier molecular flexibility index (Phi) is 8.74. The molecule has 0 radical (unpaired) electrons. The molecule has 12 heteroatoms. The van der Waals surface area contributed by atoms with E-state index in [2.05, 4.69) is 20.2 Å². The van der Waals surface area contributed by atoms with Crippen molar-refractivity contribution in [3.05, 3.63) is 47.5 Å². The highest BCUT2D eigenvalue weighted by Crippen LogP contribution is 2.36. The third-order valence-corrected chi connectivity index (χ3v) is 8.23. The molecule has 0 bridgehead atoms. The molecule has 1 atom stereocenters. The quantitative estimate of drug-likeness (QED) is 0.397. The highest BCUT2D eigenvalue weighted by Gasteiger charge is 2.37. The fourth-order valence-electron chi connectivity index (χ4n) is 5.81. The van der Waals surface area contributed by atoms with Crippen molar-refractivity contribution >= 4 is 17.6 Å². The van der Waals surface area contributed by atoms with E-state index in [1.54, 1.807) is 4.90 Å². The lowest BCUT2D eigenvalue weighted by atomic mass is 9.88. The van der Waals surface area contributed by atoms with Gasteiger partial charge in [-0.1, -0.05) is 12.1 Å². The number of rotatable bonds is 10. The zero-order valence-corrected chi connectivity index (χ0v) is 22.2. The van der Waals surface area contributed by atoms with Gasteiger partial charge < -0.3 is 20.1 Å². The van der Waals surface area contributed by atoms with Crippen molar-refractivity contribution in [3.63, 3.8) is 0 Å². The van der Waals surface area contributed by atoms with E-state index in [0.717, 1.165) is 50.7 Å². The van der Waals surface area contributed by atoms with Crippen molar-refractivity contribution < 1.29 is 32.2 Å². The second-order valence-corrected chi connectivity index (χ2v) is 11.0. The Morgan fingerprint density at radius 2 is 1.75 bits per heavy atom. The van der Waals surface area contributed by atoms with Gasteiger partial charge in [0.2, 0.25) is 5.82 Å². The Morgan fingerprint density at radius 3 is 2.35 bits per heavy atom. The number of hydrogen-bond donors (Lipinski definition) is 2. The van der Waals surface area contributed by atoms with Gasteiger partial charge in [-0.15, -0.1) is 0 Å². The molecular formula is C28H35F4N5O3. The summed E-state index contributed by atoms with van der Waals surface area (Å²) in [6, 6.07) is 4.48. The molecule has 40 heavy (non-hydrogen) atoms. The minimum absolute atomic E-state index is 0.0711. The molecule has 1 saturated carbocycles. The summed E-state index contributed by atoms with van der Waals surface area (Å²) in [5.41, 5.74) is -0.0820. The Bertz CT molecular complexity index is 1150. The summed E-state index contributed by atoms with van der Waals surface area (Å²) in [6.45, 7) is 3.28. The van der Waals surface area contributed by atoms with Crippen LogP contribution in [0, 0.1) is 17.7 Å². The van der Waals surface area contributed by atoms with Gasteiger partial charge in [0.15, 0.2) is 11.6 Å². The summed E-state index contributed by atoms with van der Waals surface area (Å²) in [7, 11) is 0. The molecular weight excluding hydrogens is 530 g/mol. The van der Waals surface area contributed by atoms with Crippen LogP contribution in [-0.4, -0.2) is 70.9 Å². The van der Waals surface area contributed by atoms with Crippen molar-refractivity contribution in [3.8, 4) is 0 Å². The summed E-state index contributed by atoms with van der Waals surface area (Å²) >= 11 is 0. The van der Waals surface area contributed by atoms with Gasteiger partial charge in [-0.3, -0.25) is 9.69 Å². The van der Waals surface area contributed by atoms with Crippen LogP contribution in [0.15, 0.2) is 30.6 Å². The molecule has 3 heterocycles. The Morgan fingerprint density at radius 1 is 1.07 bits per heavy atom. The van der Waals surface area contributed by atoms with Gasteiger partial charge in [0, 0.05) is 32.3 Å². The van der Waals surface area contributed by atoms with E-state index < -0.39 is 29.6 Å². The number of halogens is 4. The maximum atomic E-state index is 15.6. The fraction of sp³-hybridized carbons (Fsp3) is 0.607. The standard InChI is InChI=1S/C28H35F4N5O3/c29-23-25(33-15-18-7-11-36(12-8-18)24(27(38)39)20-9-13-40-14-10-20)34-17-35-26(23)37(22-5-6-22)16-19-1-3-21(4-2-19)28(30,31)32/h1-4,17-18,20,22,24H,5-16H2,(H,38,39)(H,33,34,35). The molecule has 0 amide bonds. The van der Waals surface area contributed by atoms with Crippen LogP contribution in [0.1, 0.15) is 49.7 Å². The van der Waals surface area contributed by atoms with E-state index in [1.807, 2.05) is 0 Å². The number of aromatic nitrogens is 2. The van der Waals surface area contributed by atoms with E-state index in [-0.39, 0.29) is 36.1 Å². The first-order chi connectivity index (χ1) is 19.2. The van der Waals surface area contributed by atoms with Crippen LogP contribution < -0.4 is 10.2 Å². The minimum atomic E-state index is -4.41. The number of aliphatic carboxylic acids is 1. The number of carboxylic acid groups (broad SMARTS) is 1. The highest BCUT2D eigenvalue weighted by molar-refractivity contribution is 5.74. The van der Waals surface area contributed by atoms with Crippen LogP contribution in [0.3, 0.4) is 0 Å². The molecule has 218 valence electrons. The minimum Gasteiger partial charge on any atom is -0.480 e. The summed E-state index contributed by atoms with van der Waals surface area (Å²) < 4.78 is 59.8. The maximum absolute atomic E-state index is 15.6. The van der Waals surface area contributed by atoms with E-state index >= 15 is 4.39 Å². The molecule has 1 aliphatic carbocycles. The second kappa shape index (κ2) is 12.3. The molecule has 1 aromatic carbocycles. The molecule has 3 fully saturated rings. The van der Waals surface area contributed by atoms with Crippen LogP contribution in [0.25, 0.3) is 0 Å². The molecule has 2 saturated heterocycles. The fourth-order valence-corrected chi connectivity index (χ4v) is 5.81. The summed E-state index contributed by atoms with van der Waals surface area (Å²) in [6.07, 6.45) is 1.70. The van der Waals surface area contributed by atoms with Crippen molar-refractivity contribution in [2.75, 3.05) is 43.1 Å². The van der Waals surface area contributed by atoms with Crippen molar-refractivity contribution in [2.45, 2.75) is 63.3 Å². The van der Waals surface area contributed by atoms with Crippen LogP contribution in [0.2, 0.25) is 0 Å². The normalized spacial score (nSPS) is 20.3. The van der Waals surface area contributed by atoms with E-state index in [9.17, 15) is 23.1 Å². The third kappa shape index (κ3) is 6.83. The van der Waals surface area contributed by atoms with Crippen LogP contribution in [0.5, 0.6) is 0 Å². The predicted molar refractivity (Wildman–Crippen MR) is 140 cm³/mol. The first kappa shape index (κ1) is 28.5. The summed E-state index contributed by atoms with van der Waals surface area (Å²) in [5, 5.41) is 13.0. The molecule has 1 aromatic heterocycles. The monoisotopic (exact) mass is 565 g/mol. The number of alkyl halides is 3. The van der Waals surface area contributed by atoms with Crippen molar-refractivity contribution in [1.29, 1.82) is 0 Å². The zero-order valence-electron chi connectivity index (χ0n) is 22.2. The van der Waals surface area contributed by atoms with Crippen molar-refractivity contribution in [2.24, 2.45) is 11.8 Å².